The van der Waals surface area contributed by atoms with E-state index in [9.17, 15) is 0 Å². The van der Waals surface area contributed by atoms with E-state index in [1.807, 2.05) is 26.2 Å². The number of rotatable bonds is 5. The first kappa shape index (κ1) is 16.8. The highest BCUT2D eigenvalue weighted by Gasteiger charge is 2.02. The summed E-state index contributed by atoms with van der Waals surface area (Å²) >= 11 is 0. The number of anilines is 1. The molecule has 0 radical (unpaired) electrons. The highest BCUT2D eigenvalue weighted by atomic mass is 127. The van der Waals surface area contributed by atoms with E-state index >= 15 is 0 Å². The second-order valence-corrected chi connectivity index (χ2v) is 4.85. The van der Waals surface area contributed by atoms with Crippen LogP contribution in [0.25, 0.3) is 0 Å². The molecule has 3 nitrogen and oxygen atoms in total. The van der Waals surface area contributed by atoms with Crippen molar-refractivity contribution in [3.8, 4) is 5.75 Å². The molecule has 1 aromatic heterocycles. The molecule has 4 heteroatoms. The van der Waals surface area contributed by atoms with Gasteiger partial charge in [0.1, 0.15) is 12.4 Å². The van der Waals surface area contributed by atoms with Gasteiger partial charge in [-0.15, -0.1) is 0 Å². The number of halogens is 1. The predicted octanol–water partition coefficient (Wildman–Crippen LogP) is -0.568. The largest absolute Gasteiger partial charge is 1.00 e. The summed E-state index contributed by atoms with van der Waals surface area (Å²) in [6.45, 7) is 3.60. The Bertz CT molecular complexity index is 526. The van der Waals surface area contributed by atoms with Crippen LogP contribution in [0.15, 0.2) is 48.8 Å². The fourth-order valence-corrected chi connectivity index (χ4v) is 1.87. The van der Waals surface area contributed by atoms with Crippen LogP contribution in [0, 0.1) is 6.92 Å². The smallest absolute Gasteiger partial charge is 0.182 e. The van der Waals surface area contributed by atoms with Crippen LogP contribution in [-0.4, -0.2) is 20.7 Å². The lowest BCUT2D eigenvalue weighted by Crippen LogP contribution is -3.00. The van der Waals surface area contributed by atoms with E-state index in [1.165, 1.54) is 11.3 Å². The van der Waals surface area contributed by atoms with Crippen molar-refractivity contribution in [3.05, 3.63) is 54.4 Å². The third kappa shape index (κ3) is 5.00. The Kier molecular flexibility index (Phi) is 6.78. The average Bonchev–Trinajstić information content (AvgIpc) is 2.39. The van der Waals surface area contributed by atoms with E-state index < -0.39 is 0 Å². The van der Waals surface area contributed by atoms with E-state index in [-0.39, 0.29) is 24.0 Å². The second-order valence-electron chi connectivity index (χ2n) is 4.85. The minimum absolute atomic E-state index is 0. The van der Waals surface area contributed by atoms with Crippen molar-refractivity contribution < 1.29 is 33.3 Å². The monoisotopic (exact) mass is 384 g/mol. The molecule has 20 heavy (non-hydrogen) atoms. The zero-order valence-corrected chi connectivity index (χ0v) is 14.4. The van der Waals surface area contributed by atoms with Crippen LogP contribution in [0.4, 0.5) is 5.69 Å². The van der Waals surface area contributed by atoms with E-state index in [0.29, 0.717) is 6.61 Å². The number of aryl methyl sites for hydroxylation is 1. The maximum atomic E-state index is 5.74. The van der Waals surface area contributed by atoms with Crippen molar-refractivity contribution in [2.75, 3.05) is 25.6 Å². The SMILES string of the molecule is Cc1cccc(OCC[n+]2ccc(N(C)C)cc2)c1.[I-]. The third-order valence-electron chi connectivity index (χ3n) is 3.00. The summed E-state index contributed by atoms with van der Waals surface area (Å²) in [5, 5.41) is 0. The minimum Gasteiger partial charge on any atom is -1.00 e. The normalized spacial score (nSPS) is 9.75. The summed E-state index contributed by atoms with van der Waals surface area (Å²) in [5.74, 6) is 0.936. The van der Waals surface area contributed by atoms with Crippen molar-refractivity contribution in [1.29, 1.82) is 0 Å². The molecular weight excluding hydrogens is 363 g/mol. The summed E-state index contributed by atoms with van der Waals surface area (Å²) in [4.78, 5) is 2.09. The molecule has 2 aromatic rings. The molecule has 0 unspecified atom stereocenters. The molecule has 0 aliphatic rings. The van der Waals surface area contributed by atoms with Crippen LogP contribution < -0.4 is 38.2 Å². The van der Waals surface area contributed by atoms with E-state index in [2.05, 4.69) is 53.0 Å². The molecule has 2 rings (SSSR count). The number of benzene rings is 1. The molecule has 108 valence electrons. The van der Waals surface area contributed by atoms with E-state index in [1.54, 1.807) is 0 Å². The summed E-state index contributed by atoms with van der Waals surface area (Å²) in [6, 6.07) is 12.3. The van der Waals surface area contributed by atoms with Crippen LogP contribution >= 0.6 is 0 Å². The fraction of sp³-hybridized carbons (Fsp3) is 0.312. The van der Waals surface area contributed by atoms with Gasteiger partial charge in [-0.3, -0.25) is 0 Å². The van der Waals surface area contributed by atoms with Gasteiger partial charge in [0.15, 0.2) is 18.9 Å². The van der Waals surface area contributed by atoms with Gasteiger partial charge in [-0.2, -0.15) is 0 Å². The molecule has 0 saturated carbocycles. The van der Waals surface area contributed by atoms with Gasteiger partial charge in [0.25, 0.3) is 0 Å². The summed E-state index contributed by atoms with van der Waals surface area (Å²) in [6.07, 6.45) is 4.16. The van der Waals surface area contributed by atoms with Gasteiger partial charge < -0.3 is 33.6 Å². The quantitative estimate of drug-likeness (QED) is 0.508. The highest BCUT2D eigenvalue weighted by molar-refractivity contribution is 5.41. The molecule has 0 aliphatic heterocycles. The van der Waals surface area contributed by atoms with Gasteiger partial charge in [-0.25, -0.2) is 4.57 Å². The molecule has 1 aromatic carbocycles. The first-order valence-corrected chi connectivity index (χ1v) is 6.51. The van der Waals surface area contributed by atoms with Gasteiger partial charge in [-0.1, -0.05) is 12.1 Å². The zero-order valence-electron chi connectivity index (χ0n) is 12.2. The number of aromatic nitrogens is 1. The average molecular weight is 384 g/mol. The predicted molar refractivity (Wildman–Crippen MR) is 77.6 cm³/mol. The van der Waals surface area contributed by atoms with Gasteiger partial charge >= 0.3 is 0 Å². The molecule has 0 saturated heterocycles. The maximum absolute atomic E-state index is 5.74. The molecule has 0 aliphatic carbocycles. The molecule has 0 amide bonds. The van der Waals surface area contributed by atoms with Gasteiger partial charge in [-0.05, 0) is 24.6 Å². The molecule has 0 N–H and O–H groups in total. The van der Waals surface area contributed by atoms with Crippen molar-refractivity contribution in [2.24, 2.45) is 0 Å². The lowest BCUT2D eigenvalue weighted by atomic mass is 10.2. The third-order valence-corrected chi connectivity index (χ3v) is 3.00. The standard InChI is InChI=1S/C16H21N2O.HI/c1-14-5-4-6-16(13-14)19-12-11-18-9-7-15(8-10-18)17(2)3;/h4-10,13H,11-12H2,1-3H3;1H/q+1;/p-1. The van der Waals surface area contributed by atoms with Crippen LogP contribution in [0.2, 0.25) is 0 Å². The topological polar surface area (TPSA) is 16.4 Å². The number of ether oxygens (including phenoxy) is 1. The Morgan fingerprint density at radius 1 is 1.10 bits per heavy atom. The van der Waals surface area contributed by atoms with Crippen LogP contribution in [0.1, 0.15) is 5.56 Å². The van der Waals surface area contributed by atoms with Crippen molar-refractivity contribution in [2.45, 2.75) is 13.5 Å². The molecule has 1 heterocycles. The van der Waals surface area contributed by atoms with E-state index in [0.717, 1.165) is 12.3 Å². The lowest BCUT2D eigenvalue weighted by molar-refractivity contribution is -0.697. The van der Waals surface area contributed by atoms with E-state index in [4.69, 9.17) is 4.74 Å². The Morgan fingerprint density at radius 2 is 1.80 bits per heavy atom. The fourth-order valence-electron chi connectivity index (χ4n) is 1.87. The van der Waals surface area contributed by atoms with Gasteiger partial charge in [0.2, 0.25) is 0 Å². The molecular formula is C16H21IN2O. The Labute approximate surface area is 138 Å². The lowest BCUT2D eigenvalue weighted by Gasteiger charge is -2.10. The maximum Gasteiger partial charge on any atom is 0.182 e. The second kappa shape index (κ2) is 8.09. The summed E-state index contributed by atoms with van der Waals surface area (Å²) in [7, 11) is 4.08. The van der Waals surface area contributed by atoms with Crippen LogP contribution in [0.3, 0.4) is 0 Å². The molecule has 0 fully saturated rings. The van der Waals surface area contributed by atoms with Crippen molar-refractivity contribution >= 4 is 5.69 Å². The number of hydrogen-bond donors (Lipinski definition) is 0. The number of pyridine rings is 1. The highest BCUT2D eigenvalue weighted by Crippen LogP contribution is 2.12. The first-order valence-electron chi connectivity index (χ1n) is 6.51. The summed E-state index contributed by atoms with van der Waals surface area (Å²) < 4.78 is 7.86. The van der Waals surface area contributed by atoms with Gasteiger partial charge in [0.05, 0.1) is 0 Å². The Hall–Kier alpha value is -1.30. The number of hydrogen-bond acceptors (Lipinski definition) is 2. The van der Waals surface area contributed by atoms with Gasteiger partial charge in [0, 0.05) is 31.9 Å². The molecule has 0 bridgehead atoms. The van der Waals surface area contributed by atoms with Crippen molar-refractivity contribution in [3.63, 3.8) is 0 Å². The summed E-state index contributed by atoms with van der Waals surface area (Å²) in [5.41, 5.74) is 2.43. The van der Waals surface area contributed by atoms with Crippen LogP contribution in [-0.2, 0) is 6.54 Å². The minimum atomic E-state index is 0. The molecule has 0 atom stereocenters. The Morgan fingerprint density at radius 3 is 2.40 bits per heavy atom. The number of nitrogens with zero attached hydrogens (tertiary/aromatic N) is 2. The Balaban J connectivity index is 0.00000200. The van der Waals surface area contributed by atoms with Crippen molar-refractivity contribution in [1.82, 2.24) is 0 Å². The van der Waals surface area contributed by atoms with Crippen LogP contribution in [0.5, 0.6) is 5.75 Å². The first-order chi connectivity index (χ1) is 9.15. The molecule has 0 spiro atoms. The zero-order chi connectivity index (χ0) is 13.7.